The van der Waals surface area contributed by atoms with Crippen LogP contribution in [0.5, 0.6) is 11.5 Å². The van der Waals surface area contributed by atoms with Crippen molar-refractivity contribution < 1.29 is 13.9 Å². The summed E-state index contributed by atoms with van der Waals surface area (Å²) in [5.41, 5.74) is 2.06. The molecule has 2 aromatic carbocycles. The molecule has 0 aliphatic carbocycles. The summed E-state index contributed by atoms with van der Waals surface area (Å²) < 4.78 is 17.1. The highest BCUT2D eigenvalue weighted by atomic mass is 16.5. The summed E-state index contributed by atoms with van der Waals surface area (Å²) in [6.07, 6.45) is 0.972. The van der Waals surface area contributed by atoms with Gasteiger partial charge in [0.05, 0.1) is 13.7 Å². The van der Waals surface area contributed by atoms with E-state index in [1.165, 1.54) is 5.56 Å². The second-order valence-corrected chi connectivity index (χ2v) is 5.79. The van der Waals surface area contributed by atoms with Gasteiger partial charge in [-0.25, -0.2) is 0 Å². The molecule has 0 saturated carbocycles. The Hall–Kier alpha value is -2.46. The van der Waals surface area contributed by atoms with E-state index in [9.17, 15) is 0 Å². The van der Waals surface area contributed by atoms with Crippen molar-refractivity contribution in [2.75, 3.05) is 13.7 Å². The molecule has 0 radical (unpaired) electrons. The first-order valence-electron chi connectivity index (χ1n) is 7.83. The predicted molar refractivity (Wildman–Crippen MR) is 89.0 cm³/mol. The molecule has 1 aromatic heterocycles. The lowest BCUT2D eigenvalue weighted by Crippen LogP contribution is -2.38. The predicted octanol–water partition coefficient (Wildman–Crippen LogP) is 3.53. The average Bonchev–Trinajstić information content (AvgIpc) is 3.02. The van der Waals surface area contributed by atoms with Gasteiger partial charge in [-0.1, -0.05) is 30.3 Å². The Morgan fingerprint density at radius 3 is 3.00 bits per heavy atom. The molecule has 1 aliphatic rings. The fourth-order valence-corrected chi connectivity index (χ4v) is 3.04. The molecular weight excluding hydrogens is 290 g/mol. The number of fused-ring (bicyclic) bond motifs is 2. The summed E-state index contributed by atoms with van der Waals surface area (Å²) in [5, 5.41) is 4.58. The van der Waals surface area contributed by atoms with E-state index >= 15 is 0 Å². The van der Waals surface area contributed by atoms with Crippen LogP contribution in [0.25, 0.3) is 11.0 Å². The summed E-state index contributed by atoms with van der Waals surface area (Å²) in [6.45, 7) is 1.36. The van der Waals surface area contributed by atoms with Crippen LogP contribution in [0, 0.1) is 0 Å². The van der Waals surface area contributed by atoms with Crippen molar-refractivity contribution in [1.82, 2.24) is 5.32 Å². The molecule has 0 saturated heterocycles. The van der Waals surface area contributed by atoms with Crippen LogP contribution in [-0.2, 0) is 13.0 Å². The quantitative estimate of drug-likeness (QED) is 0.800. The molecular formula is C19H19NO3. The van der Waals surface area contributed by atoms with Gasteiger partial charge in [0, 0.05) is 11.4 Å². The molecule has 0 amide bonds. The van der Waals surface area contributed by atoms with Gasteiger partial charge in [0.1, 0.15) is 18.1 Å². The van der Waals surface area contributed by atoms with E-state index in [2.05, 4.69) is 23.5 Å². The normalized spacial score (nSPS) is 16.8. The first-order chi connectivity index (χ1) is 11.3. The van der Waals surface area contributed by atoms with Crippen LogP contribution in [0.15, 0.2) is 52.9 Å². The Labute approximate surface area is 135 Å². The standard InChI is InChI=1S/C19H19NO3/c1-21-18-8-4-6-14-10-16(23-19(14)18)11-20-15-9-13-5-2-3-7-17(13)22-12-15/h2-8,10,15,20H,9,11-12H2,1H3. The number of benzene rings is 2. The third-order valence-corrected chi connectivity index (χ3v) is 4.22. The summed E-state index contributed by atoms with van der Waals surface area (Å²) >= 11 is 0. The number of nitrogens with one attached hydrogen (secondary N) is 1. The molecule has 0 fully saturated rings. The van der Waals surface area contributed by atoms with Crippen molar-refractivity contribution in [3.05, 3.63) is 59.9 Å². The molecule has 4 rings (SSSR count). The van der Waals surface area contributed by atoms with Crippen molar-refractivity contribution in [3.63, 3.8) is 0 Å². The van der Waals surface area contributed by atoms with Crippen LogP contribution in [-0.4, -0.2) is 19.8 Å². The Balaban J connectivity index is 1.46. The highest BCUT2D eigenvalue weighted by Gasteiger charge is 2.19. The molecule has 2 heterocycles. The van der Waals surface area contributed by atoms with Crippen LogP contribution in [0.4, 0.5) is 0 Å². The second-order valence-electron chi connectivity index (χ2n) is 5.79. The molecule has 1 aliphatic heterocycles. The largest absolute Gasteiger partial charge is 0.493 e. The Bertz CT molecular complexity index is 824. The summed E-state index contributed by atoms with van der Waals surface area (Å²) in [5.74, 6) is 2.67. The lowest BCUT2D eigenvalue weighted by Gasteiger charge is -2.25. The Kier molecular flexibility index (Phi) is 3.67. The minimum Gasteiger partial charge on any atom is -0.493 e. The smallest absolute Gasteiger partial charge is 0.176 e. The van der Waals surface area contributed by atoms with E-state index in [-0.39, 0.29) is 0 Å². The van der Waals surface area contributed by atoms with Crippen LogP contribution >= 0.6 is 0 Å². The fourth-order valence-electron chi connectivity index (χ4n) is 3.04. The van der Waals surface area contributed by atoms with Gasteiger partial charge in [-0.15, -0.1) is 0 Å². The highest BCUT2D eigenvalue weighted by Crippen LogP contribution is 2.29. The molecule has 118 valence electrons. The van der Waals surface area contributed by atoms with Gasteiger partial charge in [0.2, 0.25) is 0 Å². The van der Waals surface area contributed by atoms with Crippen LogP contribution in [0.2, 0.25) is 0 Å². The fraction of sp³-hybridized carbons (Fsp3) is 0.263. The van der Waals surface area contributed by atoms with Crippen molar-refractivity contribution in [2.24, 2.45) is 0 Å². The van der Waals surface area contributed by atoms with E-state index in [1.807, 2.05) is 30.3 Å². The zero-order chi connectivity index (χ0) is 15.6. The topological polar surface area (TPSA) is 43.6 Å². The highest BCUT2D eigenvalue weighted by molar-refractivity contribution is 5.83. The minimum absolute atomic E-state index is 0.292. The number of furan rings is 1. The van der Waals surface area contributed by atoms with E-state index in [1.54, 1.807) is 7.11 Å². The van der Waals surface area contributed by atoms with Crippen molar-refractivity contribution in [2.45, 2.75) is 19.0 Å². The zero-order valence-electron chi connectivity index (χ0n) is 13.0. The average molecular weight is 309 g/mol. The van der Waals surface area contributed by atoms with Gasteiger partial charge in [0.25, 0.3) is 0 Å². The molecule has 23 heavy (non-hydrogen) atoms. The maximum Gasteiger partial charge on any atom is 0.176 e. The van der Waals surface area contributed by atoms with Crippen molar-refractivity contribution in [1.29, 1.82) is 0 Å². The molecule has 1 unspecified atom stereocenters. The number of para-hydroxylation sites is 2. The maximum absolute atomic E-state index is 5.92. The van der Waals surface area contributed by atoms with Gasteiger partial charge in [-0.3, -0.25) is 0 Å². The first kappa shape index (κ1) is 14.2. The number of rotatable bonds is 4. The minimum atomic E-state index is 0.292. The number of methoxy groups -OCH3 is 1. The van der Waals surface area contributed by atoms with Gasteiger partial charge >= 0.3 is 0 Å². The molecule has 1 N–H and O–H groups in total. The van der Waals surface area contributed by atoms with E-state index in [0.29, 0.717) is 19.2 Å². The SMILES string of the molecule is COc1cccc2cc(CNC3COc4ccccc4C3)oc12. The summed E-state index contributed by atoms with van der Waals surface area (Å²) in [4.78, 5) is 0. The van der Waals surface area contributed by atoms with Crippen LogP contribution in [0.3, 0.4) is 0 Å². The molecule has 4 nitrogen and oxygen atoms in total. The van der Waals surface area contributed by atoms with Crippen molar-refractivity contribution >= 4 is 11.0 Å². The molecule has 4 heteroatoms. The van der Waals surface area contributed by atoms with Crippen molar-refractivity contribution in [3.8, 4) is 11.5 Å². The number of hydrogen-bond donors (Lipinski definition) is 1. The van der Waals surface area contributed by atoms with E-state index in [0.717, 1.165) is 34.6 Å². The number of hydrogen-bond acceptors (Lipinski definition) is 4. The first-order valence-corrected chi connectivity index (χ1v) is 7.83. The summed E-state index contributed by atoms with van der Waals surface area (Å²) in [7, 11) is 1.66. The molecule has 3 aromatic rings. The van der Waals surface area contributed by atoms with Gasteiger partial charge in [-0.2, -0.15) is 0 Å². The van der Waals surface area contributed by atoms with Crippen LogP contribution < -0.4 is 14.8 Å². The van der Waals surface area contributed by atoms with Gasteiger partial charge in [-0.05, 0) is 30.2 Å². The molecule has 1 atom stereocenters. The van der Waals surface area contributed by atoms with E-state index in [4.69, 9.17) is 13.9 Å². The molecule has 0 spiro atoms. The zero-order valence-corrected chi connectivity index (χ0v) is 13.0. The monoisotopic (exact) mass is 309 g/mol. The summed E-state index contributed by atoms with van der Waals surface area (Å²) in [6, 6.07) is 16.5. The molecule has 0 bridgehead atoms. The Morgan fingerprint density at radius 1 is 1.17 bits per heavy atom. The lowest BCUT2D eigenvalue weighted by atomic mass is 10.0. The van der Waals surface area contributed by atoms with Gasteiger partial charge < -0.3 is 19.2 Å². The van der Waals surface area contributed by atoms with Gasteiger partial charge in [0.15, 0.2) is 11.3 Å². The van der Waals surface area contributed by atoms with E-state index < -0.39 is 0 Å². The Morgan fingerprint density at radius 2 is 2.09 bits per heavy atom. The lowest BCUT2D eigenvalue weighted by molar-refractivity contribution is 0.235. The third kappa shape index (κ3) is 2.78. The second kappa shape index (κ2) is 5.97. The van der Waals surface area contributed by atoms with Crippen LogP contribution in [0.1, 0.15) is 11.3 Å². The third-order valence-electron chi connectivity index (χ3n) is 4.22. The maximum atomic E-state index is 5.92. The number of ether oxygens (including phenoxy) is 2.